The molecule has 31 heavy (non-hydrogen) atoms. The number of pyridine rings is 1. The number of amides is 1. The van der Waals surface area contributed by atoms with Crippen LogP contribution in [0.4, 0.5) is 5.69 Å². The summed E-state index contributed by atoms with van der Waals surface area (Å²) in [6, 6.07) is 19.9. The second-order valence-corrected chi connectivity index (χ2v) is 8.17. The van der Waals surface area contributed by atoms with E-state index >= 15 is 0 Å². The average molecular weight is 430 g/mol. The van der Waals surface area contributed by atoms with Gasteiger partial charge in [0.05, 0.1) is 12.3 Å². The zero-order chi connectivity index (χ0) is 21.6. The minimum Gasteiger partial charge on any atom is -0.325 e. The zero-order valence-corrected chi connectivity index (χ0v) is 18.3. The summed E-state index contributed by atoms with van der Waals surface area (Å²) in [6.07, 6.45) is 3.50. The smallest absolute Gasteiger partial charge is 0.234 e. The fourth-order valence-electron chi connectivity index (χ4n) is 3.33. The van der Waals surface area contributed by atoms with E-state index in [-0.39, 0.29) is 11.7 Å². The first-order chi connectivity index (χ1) is 15.1. The van der Waals surface area contributed by atoms with Crippen molar-refractivity contribution in [2.75, 3.05) is 11.1 Å². The van der Waals surface area contributed by atoms with Crippen LogP contribution < -0.4 is 5.32 Å². The van der Waals surface area contributed by atoms with Crippen LogP contribution in [-0.2, 0) is 11.3 Å². The van der Waals surface area contributed by atoms with Crippen LogP contribution in [-0.4, -0.2) is 31.4 Å². The lowest BCUT2D eigenvalue weighted by Gasteiger charge is -2.12. The van der Waals surface area contributed by atoms with Crippen LogP contribution in [0.5, 0.6) is 0 Å². The highest BCUT2D eigenvalue weighted by Gasteiger charge is 2.17. The van der Waals surface area contributed by atoms with Crippen LogP contribution in [0.1, 0.15) is 16.7 Å². The molecule has 0 saturated carbocycles. The molecule has 0 aliphatic carbocycles. The molecule has 2 aromatic carbocycles. The monoisotopic (exact) mass is 429 g/mol. The van der Waals surface area contributed by atoms with E-state index in [9.17, 15) is 4.79 Å². The second-order valence-electron chi connectivity index (χ2n) is 7.22. The molecule has 156 valence electrons. The van der Waals surface area contributed by atoms with Gasteiger partial charge in [-0.15, -0.1) is 10.2 Å². The number of rotatable bonds is 7. The molecule has 0 fully saturated rings. The van der Waals surface area contributed by atoms with E-state index in [1.165, 1.54) is 11.8 Å². The normalized spacial score (nSPS) is 10.8. The predicted octanol–water partition coefficient (Wildman–Crippen LogP) is 4.74. The number of nitrogens with one attached hydrogen (secondary N) is 1. The number of aromatic nitrogens is 4. The van der Waals surface area contributed by atoms with Crippen LogP contribution in [0.2, 0.25) is 0 Å². The fourth-order valence-corrected chi connectivity index (χ4v) is 4.07. The maximum Gasteiger partial charge on any atom is 0.234 e. The molecule has 0 spiro atoms. The summed E-state index contributed by atoms with van der Waals surface area (Å²) < 4.78 is 2.03. The van der Waals surface area contributed by atoms with Crippen molar-refractivity contribution in [1.29, 1.82) is 0 Å². The van der Waals surface area contributed by atoms with Crippen molar-refractivity contribution < 1.29 is 4.79 Å². The lowest BCUT2D eigenvalue weighted by molar-refractivity contribution is -0.113. The number of hydrogen-bond acceptors (Lipinski definition) is 5. The van der Waals surface area contributed by atoms with E-state index in [1.54, 1.807) is 12.4 Å². The number of hydrogen-bond donors (Lipinski definition) is 1. The lowest BCUT2D eigenvalue weighted by atomic mass is 10.1. The molecule has 0 unspecified atom stereocenters. The molecule has 4 aromatic rings. The van der Waals surface area contributed by atoms with Gasteiger partial charge in [-0.1, -0.05) is 60.3 Å². The Morgan fingerprint density at radius 3 is 2.45 bits per heavy atom. The van der Waals surface area contributed by atoms with Crippen molar-refractivity contribution >= 4 is 23.4 Å². The molecule has 1 N–H and O–H groups in total. The average Bonchev–Trinajstić information content (AvgIpc) is 3.18. The topological polar surface area (TPSA) is 72.7 Å². The third kappa shape index (κ3) is 5.00. The third-order valence-corrected chi connectivity index (χ3v) is 5.86. The van der Waals surface area contributed by atoms with Gasteiger partial charge < -0.3 is 5.32 Å². The molecule has 1 amide bonds. The molecule has 2 heterocycles. The number of benzene rings is 2. The van der Waals surface area contributed by atoms with Crippen LogP contribution >= 0.6 is 11.8 Å². The van der Waals surface area contributed by atoms with Gasteiger partial charge in [0.25, 0.3) is 0 Å². The van der Waals surface area contributed by atoms with Gasteiger partial charge in [-0.3, -0.25) is 14.3 Å². The molecule has 0 aliphatic heterocycles. The minimum absolute atomic E-state index is 0.0698. The van der Waals surface area contributed by atoms with Gasteiger partial charge in [-0.05, 0) is 42.7 Å². The Balaban J connectivity index is 1.55. The fraction of sp³-hybridized carbons (Fsp3) is 0.167. The number of carbonyl (C=O) groups excluding carboxylic acids is 1. The molecular formula is C24H23N5OS. The SMILES string of the molecule is Cc1cccc(C)c1NC(=O)CSc1nnc(-c2cccnc2)n1Cc1ccccc1. The Kier molecular flexibility index (Phi) is 6.43. The first-order valence-electron chi connectivity index (χ1n) is 9.98. The van der Waals surface area contributed by atoms with Gasteiger partial charge in [0.2, 0.25) is 5.91 Å². The van der Waals surface area contributed by atoms with Gasteiger partial charge in [-0.2, -0.15) is 0 Å². The molecular weight excluding hydrogens is 406 g/mol. The van der Waals surface area contributed by atoms with E-state index in [2.05, 4.69) is 32.6 Å². The van der Waals surface area contributed by atoms with E-state index in [4.69, 9.17) is 0 Å². The standard InChI is InChI=1S/C24H23N5OS/c1-17-8-6-9-18(2)22(17)26-21(30)16-31-24-28-27-23(20-12-7-13-25-14-20)29(24)15-19-10-4-3-5-11-19/h3-14H,15-16H2,1-2H3,(H,26,30). The van der Waals surface area contributed by atoms with Crippen molar-refractivity contribution in [3.8, 4) is 11.4 Å². The highest BCUT2D eigenvalue weighted by Crippen LogP contribution is 2.25. The summed E-state index contributed by atoms with van der Waals surface area (Å²) in [6.45, 7) is 4.59. The molecule has 0 aliphatic rings. The van der Waals surface area contributed by atoms with Crippen molar-refractivity contribution in [3.05, 3.63) is 89.7 Å². The summed E-state index contributed by atoms with van der Waals surface area (Å²) >= 11 is 1.38. The Bertz CT molecular complexity index is 1160. The number of nitrogens with zero attached hydrogens (tertiary/aromatic N) is 4. The Hall–Kier alpha value is -3.45. The van der Waals surface area contributed by atoms with E-state index < -0.39 is 0 Å². The first kappa shape index (κ1) is 20.8. The lowest BCUT2D eigenvalue weighted by Crippen LogP contribution is -2.16. The minimum atomic E-state index is -0.0698. The zero-order valence-electron chi connectivity index (χ0n) is 17.4. The summed E-state index contributed by atoms with van der Waals surface area (Å²) in [4.78, 5) is 16.8. The predicted molar refractivity (Wildman–Crippen MR) is 124 cm³/mol. The highest BCUT2D eigenvalue weighted by atomic mass is 32.2. The molecule has 0 bridgehead atoms. The maximum atomic E-state index is 12.6. The van der Waals surface area contributed by atoms with Crippen molar-refractivity contribution in [1.82, 2.24) is 19.7 Å². The van der Waals surface area contributed by atoms with E-state index in [0.29, 0.717) is 11.7 Å². The van der Waals surface area contributed by atoms with E-state index in [1.807, 2.05) is 66.9 Å². The summed E-state index contributed by atoms with van der Waals surface area (Å²) in [5.41, 5.74) is 4.98. The third-order valence-electron chi connectivity index (χ3n) is 4.90. The van der Waals surface area contributed by atoms with Crippen molar-refractivity contribution in [2.45, 2.75) is 25.5 Å². The number of para-hydroxylation sites is 1. The second kappa shape index (κ2) is 9.57. The van der Waals surface area contributed by atoms with Crippen molar-refractivity contribution in [3.63, 3.8) is 0 Å². The van der Waals surface area contributed by atoms with Gasteiger partial charge >= 0.3 is 0 Å². The Morgan fingerprint density at radius 2 is 1.74 bits per heavy atom. The number of thioether (sulfide) groups is 1. The highest BCUT2D eigenvalue weighted by molar-refractivity contribution is 7.99. The first-order valence-corrected chi connectivity index (χ1v) is 11.0. The molecule has 0 atom stereocenters. The molecule has 4 rings (SSSR count). The van der Waals surface area contributed by atoms with Gasteiger partial charge in [0.1, 0.15) is 0 Å². The molecule has 7 heteroatoms. The largest absolute Gasteiger partial charge is 0.325 e. The number of aryl methyl sites for hydroxylation is 2. The Morgan fingerprint density at radius 1 is 0.968 bits per heavy atom. The van der Waals surface area contributed by atoms with Crippen LogP contribution in [0.25, 0.3) is 11.4 Å². The van der Waals surface area contributed by atoms with Crippen molar-refractivity contribution in [2.24, 2.45) is 0 Å². The number of carbonyl (C=O) groups is 1. The molecule has 0 saturated heterocycles. The van der Waals surface area contributed by atoms with Gasteiger partial charge in [0.15, 0.2) is 11.0 Å². The van der Waals surface area contributed by atoms with Crippen LogP contribution in [0.3, 0.4) is 0 Å². The van der Waals surface area contributed by atoms with E-state index in [0.717, 1.165) is 33.8 Å². The quantitative estimate of drug-likeness (QED) is 0.430. The Labute approximate surface area is 185 Å². The number of anilines is 1. The molecule has 0 radical (unpaired) electrons. The van der Waals surface area contributed by atoms with Crippen LogP contribution in [0, 0.1) is 13.8 Å². The van der Waals surface area contributed by atoms with Gasteiger partial charge in [-0.25, -0.2) is 0 Å². The summed E-state index contributed by atoms with van der Waals surface area (Å²) in [5, 5.41) is 12.5. The summed E-state index contributed by atoms with van der Waals surface area (Å²) in [5.74, 6) is 0.905. The van der Waals surface area contributed by atoms with Gasteiger partial charge in [0, 0.05) is 23.6 Å². The molecule has 6 nitrogen and oxygen atoms in total. The molecule has 2 aromatic heterocycles. The maximum absolute atomic E-state index is 12.6. The van der Waals surface area contributed by atoms with Crippen LogP contribution in [0.15, 0.2) is 78.2 Å². The summed E-state index contributed by atoms with van der Waals surface area (Å²) in [7, 11) is 0.